The molecule has 90 valence electrons. The fraction of sp³-hybridized carbons (Fsp3) is 0.500. The molecule has 1 aromatic carbocycles. The highest BCUT2D eigenvalue weighted by atomic mass is 79.9. The van der Waals surface area contributed by atoms with E-state index in [0.717, 1.165) is 16.5 Å². The van der Waals surface area contributed by atoms with Crippen LogP contribution >= 0.6 is 27.5 Å². The molecule has 1 N–H and O–H groups in total. The zero-order valence-corrected chi connectivity index (χ0v) is 11.8. The van der Waals surface area contributed by atoms with Crippen molar-refractivity contribution in [2.45, 2.75) is 25.4 Å². The lowest BCUT2D eigenvalue weighted by Crippen LogP contribution is -2.22. The van der Waals surface area contributed by atoms with Crippen molar-refractivity contribution in [1.29, 1.82) is 0 Å². The number of rotatable bonds is 5. The van der Waals surface area contributed by atoms with Crippen molar-refractivity contribution in [2.75, 3.05) is 13.7 Å². The first-order valence-corrected chi connectivity index (χ1v) is 6.31. The lowest BCUT2D eigenvalue weighted by Gasteiger charge is -2.25. The molecule has 1 aromatic rings. The Balaban J connectivity index is 2.80. The number of aliphatic hydroxyl groups is 1. The van der Waals surface area contributed by atoms with E-state index in [-0.39, 0.29) is 0 Å². The molecule has 0 radical (unpaired) electrons. The summed E-state index contributed by atoms with van der Waals surface area (Å²) in [5.74, 6) is 0. The number of hydrogen-bond donors (Lipinski definition) is 1. The summed E-state index contributed by atoms with van der Waals surface area (Å²) in [6, 6.07) is 5.52. The van der Waals surface area contributed by atoms with Gasteiger partial charge >= 0.3 is 0 Å². The third-order valence-electron chi connectivity index (χ3n) is 2.52. The van der Waals surface area contributed by atoms with Crippen LogP contribution in [-0.4, -0.2) is 18.8 Å². The Labute approximate surface area is 110 Å². The number of methoxy groups -OCH3 is 1. The van der Waals surface area contributed by atoms with Crippen LogP contribution in [0.5, 0.6) is 0 Å². The van der Waals surface area contributed by atoms with Gasteiger partial charge in [0.1, 0.15) is 0 Å². The summed E-state index contributed by atoms with van der Waals surface area (Å²) in [5, 5.41) is 10.9. The Morgan fingerprint density at radius 3 is 2.75 bits per heavy atom. The van der Waals surface area contributed by atoms with Gasteiger partial charge in [0.2, 0.25) is 0 Å². The molecule has 1 unspecified atom stereocenters. The Kier molecular flexibility index (Phi) is 5.25. The molecule has 0 bridgehead atoms. The van der Waals surface area contributed by atoms with E-state index in [9.17, 15) is 5.11 Å². The van der Waals surface area contributed by atoms with E-state index in [0.29, 0.717) is 18.1 Å². The van der Waals surface area contributed by atoms with Crippen molar-refractivity contribution in [3.05, 3.63) is 33.3 Å². The quantitative estimate of drug-likeness (QED) is 0.840. The van der Waals surface area contributed by atoms with Crippen LogP contribution in [0.2, 0.25) is 5.02 Å². The second-order valence-corrected chi connectivity index (χ2v) is 5.32. The zero-order chi connectivity index (χ0) is 12.2. The standard InChI is InChI=1S/C12H16BrClO2/c1-12(15,6-3-7-16-2)10-5-4-9(13)8-11(10)14/h4-5,8,15H,3,6-7H2,1-2H3. The third-order valence-corrected chi connectivity index (χ3v) is 3.33. The van der Waals surface area contributed by atoms with Gasteiger partial charge in [-0.25, -0.2) is 0 Å². The van der Waals surface area contributed by atoms with Crippen molar-refractivity contribution in [1.82, 2.24) is 0 Å². The number of benzene rings is 1. The van der Waals surface area contributed by atoms with Crippen LogP contribution in [-0.2, 0) is 10.3 Å². The van der Waals surface area contributed by atoms with Gasteiger partial charge in [0, 0.05) is 28.8 Å². The monoisotopic (exact) mass is 306 g/mol. The summed E-state index contributed by atoms with van der Waals surface area (Å²) in [6.07, 6.45) is 1.43. The maximum Gasteiger partial charge on any atom is 0.0883 e. The third kappa shape index (κ3) is 3.74. The Morgan fingerprint density at radius 2 is 2.19 bits per heavy atom. The maximum absolute atomic E-state index is 10.3. The van der Waals surface area contributed by atoms with Crippen LogP contribution in [0.25, 0.3) is 0 Å². The predicted octanol–water partition coefficient (Wildman–Crippen LogP) is 3.74. The number of halogens is 2. The SMILES string of the molecule is COCCCC(C)(O)c1ccc(Br)cc1Cl. The molecule has 0 aliphatic rings. The van der Waals surface area contributed by atoms with Gasteiger partial charge in [-0.2, -0.15) is 0 Å². The first kappa shape index (κ1) is 14.0. The Hall–Kier alpha value is -0.0900. The van der Waals surface area contributed by atoms with Crippen LogP contribution in [0.3, 0.4) is 0 Å². The molecule has 0 aliphatic carbocycles. The van der Waals surface area contributed by atoms with Crippen molar-refractivity contribution in [3.8, 4) is 0 Å². The van der Waals surface area contributed by atoms with Gasteiger partial charge in [-0.05, 0) is 31.9 Å². The molecule has 0 aromatic heterocycles. The minimum Gasteiger partial charge on any atom is -0.385 e. The molecule has 1 atom stereocenters. The van der Waals surface area contributed by atoms with E-state index in [4.69, 9.17) is 16.3 Å². The second-order valence-electron chi connectivity index (χ2n) is 3.99. The van der Waals surface area contributed by atoms with Crippen LogP contribution in [0.15, 0.2) is 22.7 Å². The predicted molar refractivity (Wildman–Crippen MR) is 69.8 cm³/mol. The summed E-state index contributed by atoms with van der Waals surface area (Å²) < 4.78 is 5.88. The smallest absolute Gasteiger partial charge is 0.0883 e. The summed E-state index contributed by atoms with van der Waals surface area (Å²) >= 11 is 9.45. The normalized spacial score (nSPS) is 14.8. The van der Waals surface area contributed by atoms with Crippen molar-refractivity contribution in [3.63, 3.8) is 0 Å². The van der Waals surface area contributed by atoms with Gasteiger partial charge in [0.05, 0.1) is 5.60 Å². The van der Waals surface area contributed by atoms with Crippen LogP contribution in [0.4, 0.5) is 0 Å². The molecule has 2 nitrogen and oxygen atoms in total. The van der Waals surface area contributed by atoms with E-state index in [1.54, 1.807) is 20.1 Å². The van der Waals surface area contributed by atoms with Gasteiger partial charge in [0.15, 0.2) is 0 Å². The molecule has 0 heterocycles. The highest BCUT2D eigenvalue weighted by molar-refractivity contribution is 9.10. The van der Waals surface area contributed by atoms with Crippen LogP contribution < -0.4 is 0 Å². The zero-order valence-electron chi connectivity index (χ0n) is 9.46. The average Bonchev–Trinajstić information content (AvgIpc) is 2.17. The largest absolute Gasteiger partial charge is 0.385 e. The van der Waals surface area contributed by atoms with Gasteiger partial charge in [-0.1, -0.05) is 33.6 Å². The van der Waals surface area contributed by atoms with E-state index in [1.807, 2.05) is 12.1 Å². The summed E-state index contributed by atoms with van der Waals surface area (Å²) in [7, 11) is 1.65. The van der Waals surface area contributed by atoms with Crippen LogP contribution in [0, 0.1) is 0 Å². The van der Waals surface area contributed by atoms with E-state index >= 15 is 0 Å². The van der Waals surface area contributed by atoms with Crippen molar-refractivity contribution in [2.24, 2.45) is 0 Å². The average molecular weight is 308 g/mol. The number of hydrogen-bond acceptors (Lipinski definition) is 2. The highest BCUT2D eigenvalue weighted by Gasteiger charge is 2.25. The van der Waals surface area contributed by atoms with Gasteiger partial charge < -0.3 is 9.84 Å². The molecule has 0 saturated carbocycles. The topological polar surface area (TPSA) is 29.5 Å². The molecule has 4 heteroatoms. The fourth-order valence-electron chi connectivity index (χ4n) is 1.62. The minimum absolute atomic E-state index is 0.580. The summed E-state index contributed by atoms with van der Waals surface area (Å²) in [4.78, 5) is 0. The molecule has 0 fully saturated rings. The molecule has 16 heavy (non-hydrogen) atoms. The second kappa shape index (κ2) is 6.01. The molecule has 1 rings (SSSR count). The van der Waals surface area contributed by atoms with E-state index < -0.39 is 5.60 Å². The van der Waals surface area contributed by atoms with E-state index in [1.165, 1.54) is 0 Å². The molecule has 0 spiro atoms. The minimum atomic E-state index is -0.906. The van der Waals surface area contributed by atoms with Gasteiger partial charge in [0.25, 0.3) is 0 Å². The summed E-state index contributed by atoms with van der Waals surface area (Å²) in [6.45, 7) is 2.42. The lowest BCUT2D eigenvalue weighted by molar-refractivity contribution is 0.0373. The highest BCUT2D eigenvalue weighted by Crippen LogP contribution is 2.33. The maximum atomic E-state index is 10.3. The van der Waals surface area contributed by atoms with E-state index in [2.05, 4.69) is 15.9 Å². The van der Waals surface area contributed by atoms with Crippen LogP contribution in [0.1, 0.15) is 25.3 Å². The molecule has 0 saturated heterocycles. The Morgan fingerprint density at radius 1 is 1.50 bits per heavy atom. The van der Waals surface area contributed by atoms with Crippen molar-refractivity contribution >= 4 is 27.5 Å². The molecule has 0 aliphatic heterocycles. The van der Waals surface area contributed by atoms with Crippen molar-refractivity contribution < 1.29 is 9.84 Å². The molecule has 0 amide bonds. The molecular formula is C12H16BrClO2. The first-order valence-electron chi connectivity index (χ1n) is 5.14. The summed E-state index contributed by atoms with van der Waals surface area (Å²) in [5.41, 5.74) is -0.149. The first-order chi connectivity index (χ1) is 7.47. The Bertz CT molecular complexity index is 353. The van der Waals surface area contributed by atoms with Gasteiger partial charge in [-0.15, -0.1) is 0 Å². The number of ether oxygens (including phenoxy) is 1. The molecular weight excluding hydrogens is 291 g/mol. The van der Waals surface area contributed by atoms with Gasteiger partial charge in [-0.3, -0.25) is 0 Å². The fourth-order valence-corrected chi connectivity index (χ4v) is 2.50. The lowest BCUT2D eigenvalue weighted by atomic mass is 9.91.